The number of amides is 1. The number of oxazole rings is 1. The molecule has 0 radical (unpaired) electrons. The first-order chi connectivity index (χ1) is 8.81. The van der Waals surface area contributed by atoms with Gasteiger partial charge in [0.15, 0.2) is 12.1 Å². The van der Waals surface area contributed by atoms with Crippen molar-refractivity contribution in [2.45, 2.75) is 51.5 Å². The van der Waals surface area contributed by atoms with Gasteiger partial charge in [-0.15, -0.1) is 0 Å². The normalized spacial score (nSPS) is 27.3. The van der Waals surface area contributed by atoms with Gasteiger partial charge in [-0.25, -0.2) is 4.98 Å². The highest BCUT2D eigenvalue weighted by Gasteiger charge is 2.38. The van der Waals surface area contributed by atoms with Gasteiger partial charge in [0.05, 0.1) is 0 Å². The Kier molecular flexibility index (Phi) is 3.10. The van der Waals surface area contributed by atoms with Crippen molar-refractivity contribution in [2.75, 3.05) is 6.54 Å². The summed E-state index contributed by atoms with van der Waals surface area (Å²) in [6.07, 6.45) is 8.24. The van der Waals surface area contributed by atoms with Gasteiger partial charge in [-0.2, -0.15) is 0 Å². The number of aromatic nitrogens is 1. The monoisotopic (exact) mass is 248 g/mol. The highest BCUT2D eigenvalue weighted by atomic mass is 16.3. The van der Waals surface area contributed by atoms with E-state index < -0.39 is 0 Å². The number of nitrogens with zero attached hydrogens (tertiary/aromatic N) is 2. The molecule has 1 saturated heterocycles. The van der Waals surface area contributed by atoms with Crippen molar-refractivity contribution in [3.8, 4) is 0 Å². The van der Waals surface area contributed by atoms with Crippen LogP contribution in [0.1, 0.15) is 55.3 Å². The Morgan fingerprint density at radius 3 is 3.11 bits per heavy atom. The number of likely N-dealkylation sites (tertiary alicyclic amines) is 1. The molecule has 2 unspecified atom stereocenters. The van der Waals surface area contributed by atoms with E-state index in [9.17, 15) is 4.79 Å². The van der Waals surface area contributed by atoms with Crippen LogP contribution < -0.4 is 0 Å². The molecule has 1 amide bonds. The van der Waals surface area contributed by atoms with Crippen LogP contribution in [0.25, 0.3) is 0 Å². The maximum atomic E-state index is 12.6. The van der Waals surface area contributed by atoms with Crippen LogP contribution in [0.4, 0.5) is 0 Å². The topological polar surface area (TPSA) is 46.3 Å². The third-order valence-electron chi connectivity index (χ3n) is 4.42. The van der Waals surface area contributed by atoms with Crippen molar-refractivity contribution in [1.29, 1.82) is 0 Å². The maximum Gasteiger partial charge on any atom is 0.276 e. The minimum Gasteiger partial charge on any atom is -0.448 e. The number of piperidine rings is 1. The Labute approximate surface area is 107 Å². The van der Waals surface area contributed by atoms with E-state index in [0.717, 1.165) is 37.5 Å². The molecule has 1 aromatic rings. The second kappa shape index (κ2) is 4.75. The quantitative estimate of drug-likeness (QED) is 0.808. The Balaban J connectivity index is 1.83. The highest BCUT2D eigenvalue weighted by molar-refractivity contribution is 5.93. The van der Waals surface area contributed by atoms with E-state index in [-0.39, 0.29) is 5.91 Å². The molecule has 1 aromatic heterocycles. The molecule has 0 N–H and O–H groups in total. The zero-order valence-corrected chi connectivity index (χ0v) is 10.9. The van der Waals surface area contributed by atoms with E-state index in [1.54, 1.807) is 0 Å². The molecular weight excluding hydrogens is 228 g/mol. The summed E-state index contributed by atoms with van der Waals surface area (Å²) in [6.45, 7) is 2.88. The number of fused-ring (bicyclic) bond motifs is 1. The van der Waals surface area contributed by atoms with Crippen LogP contribution in [0.2, 0.25) is 0 Å². The summed E-state index contributed by atoms with van der Waals surface area (Å²) in [4.78, 5) is 18.8. The molecule has 98 valence electrons. The Bertz CT molecular complexity index is 441. The minimum atomic E-state index is 0.0807. The second-order valence-corrected chi connectivity index (χ2v) is 5.38. The summed E-state index contributed by atoms with van der Waals surface area (Å²) in [7, 11) is 0. The molecule has 1 aliphatic carbocycles. The number of hydrogen-bond donors (Lipinski definition) is 0. The van der Waals surface area contributed by atoms with Crippen molar-refractivity contribution in [1.82, 2.24) is 9.88 Å². The summed E-state index contributed by atoms with van der Waals surface area (Å²) >= 11 is 0. The third kappa shape index (κ3) is 1.84. The summed E-state index contributed by atoms with van der Waals surface area (Å²) in [5.41, 5.74) is 0.532. The molecular formula is C14H20N2O2. The molecule has 1 aliphatic heterocycles. The van der Waals surface area contributed by atoms with Crippen LogP contribution in [0, 0.1) is 5.92 Å². The molecule has 0 bridgehead atoms. The van der Waals surface area contributed by atoms with Gasteiger partial charge in [-0.3, -0.25) is 4.79 Å². The van der Waals surface area contributed by atoms with Crippen molar-refractivity contribution < 1.29 is 9.21 Å². The van der Waals surface area contributed by atoms with Gasteiger partial charge in [0.1, 0.15) is 5.76 Å². The molecule has 2 fully saturated rings. The smallest absolute Gasteiger partial charge is 0.276 e. The van der Waals surface area contributed by atoms with Gasteiger partial charge in [-0.05, 0) is 31.6 Å². The van der Waals surface area contributed by atoms with Crippen LogP contribution in [0.5, 0.6) is 0 Å². The second-order valence-electron chi connectivity index (χ2n) is 5.38. The lowest BCUT2D eigenvalue weighted by Crippen LogP contribution is -2.46. The van der Waals surface area contributed by atoms with Gasteiger partial charge >= 0.3 is 0 Å². The fraction of sp³-hybridized carbons (Fsp3) is 0.714. The molecule has 4 heteroatoms. The number of carbonyl (C=O) groups excluding carboxylic acids is 1. The Morgan fingerprint density at radius 1 is 1.44 bits per heavy atom. The van der Waals surface area contributed by atoms with Crippen molar-refractivity contribution >= 4 is 5.91 Å². The summed E-state index contributed by atoms with van der Waals surface area (Å²) in [5.74, 6) is 1.52. The number of hydrogen-bond acceptors (Lipinski definition) is 3. The van der Waals surface area contributed by atoms with Crippen LogP contribution >= 0.6 is 0 Å². The molecule has 18 heavy (non-hydrogen) atoms. The Hall–Kier alpha value is -1.32. The first-order valence-electron chi connectivity index (χ1n) is 7.04. The molecule has 0 aromatic carbocycles. The summed E-state index contributed by atoms with van der Waals surface area (Å²) < 4.78 is 5.28. The van der Waals surface area contributed by atoms with Crippen LogP contribution in [0.15, 0.2) is 10.8 Å². The summed E-state index contributed by atoms with van der Waals surface area (Å²) in [6, 6.07) is 0.452. The lowest BCUT2D eigenvalue weighted by Gasteiger charge is -2.37. The lowest BCUT2D eigenvalue weighted by atomic mass is 9.91. The zero-order chi connectivity index (χ0) is 12.5. The molecule has 0 spiro atoms. The van der Waals surface area contributed by atoms with Gasteiger partial charge < -0.3 is 9.32 Å². The highest BCUT2D eigenvalue weighted by Crippen LogP contribution is 2.37. The largest absolute Gasteiger partial charge is 0.448 e. The van der Waals surface area contributed by atoms with Crippen LogP contribution in [-0.4, -0.2) is 28.4 Å². The van der Waals surface area contributed by atoms with Crippen molar-refractivity contribution in [3.63, 3.8) is 0 Å². The Morgan fingerprint density at radius 2 is 2.28 bits per heavy atom. The third-order valence-corrected chi connectivity index (χ3v) is 4.42. The molecule has 3 rings (SSSR count). The van der Waals surface area contributed by atoms with E-state index in [1.807, 2.05) is 6.92 Å². The van der Waals surface area contributed by atoms with Crippen molar-refractivity contribution in [3.05, 3.63) is 17.8 Å². The molecule has 2 aliphatic rings. The standard InChI is InChI=1S/C14H20N2O2/c1-2-12-13(15-9-18-12)14(17)16-8-4-6-10-5-3-7-11(10)16/h9-11H,2-8H2,1H3. The van der Waals surface area contributed by atoms with Gasteiger partial charge in [0.2, 0.25) is 0 Å². The van der Waals surface area contributed by atoms with E-state index in [0.29, 0.717) is 11.7 Å². The van der Waals surface area contributed by atoms with E-state index in [1.165, 1.54) is 25.7 Å². The van der Waals surface area contributed by atoms with Crippen molar-refractivity contribution in [2.24, 2.45) is 5.92 Å². The average molecular weight is 248 g/mol. The predicted molar refractivity (Wildman–Crippen MR) is 67.3 cm³/mol. The number of carbonyl (C=O) groups is 1. The number of aryl methyl sites for hydroxylation is 1. The molecule has 4 nitrogen and oxygen atoms in total. The van der Waals surface area contributed by atoms with E-state index in [4.69, 9.17) is 4.42 Å². The van der Waals surface area contributed by atoms with Gasteiger partial charge in [-0.1, -0.05) is 13.3 Å². The lowest BCUT2D eigenvalue weighted by molar-refractivity contribution is 0.0541. The van der Waals surface area contributed by atoms with E-state index in [2.05, 4.69) is 9.88 Å². The first-order valence-corrected chi connectivity index (χ1v) is 7.04. The first kappa shape index (κ1) is 11.8. The molecule has 2 atom stereocenters. The summed E-state index contributed by atoms with van der Waals surface area (Å²) in [5, 5.41) is 0. The van der Waals surface area contributed by atoms with E-state index >= 15 is 0 Å². The average Bonchev–Trinajstić information content (AvgIpc) is 3.05. The molecule has 1 saturated carbocycles. The van der Waals surface area contributed by atoms with Crippen LogP contribution in [0.3, 0.4) is 0 Å². The van der Waals surface area contributed by atoms with Crippen LogP contribution in [-0.2, 0) is 6.42 Å². The zero-order valence-electron chi connectivity index (χ0n) is 10.9. The van der Waals surface area contributed by atoms with Gasteiger partial charge in [0.25, 0.3) is 5.91 Å². The maximum absolute atomic E-state index is 12.6. The predicted octanol–water partition coefficient (Wildman–Crippen LogP) is 2.64. The van der Waals surface area contributed by atoms with Gasteiger partial charge in [0, 0.05) is 19.0 Å². The number of rotatable bonds is 2. The minimum absolute atomic E-state index is 0.0807. The SMILES string of the molecule is CCc1ocnc1C(=O)N1CCCC2CCCC21. The fourth-order valence-corrected chi connectivity index (χ4v) is 3.54. The molecule has 2 heterocycles. The fourth-order valence-electron chi connectivity index (χ4n) is 3.54.